The largest absolute Gasteiger partial charge is 0.481 e. The number of hydrogen-bond donors (Lipinski definition) is 1. The number of rotatable bonds is 5. The zero-order valence-electron chi connectivity index (χ0n) is 12.5. The minimum atomic E-state index is -0.830. The summed E-state index contributed by atoms with van der Waals surface area (Å²) in [4.78, 5) is 11.4. The van der Waals surface area contributed by atoms with Crippen LogP contribution in [-0.4, -0.2) is 30.9 Å². The van der Waals surface area contributed by atoms with E-state index in [1.54, 1.807) is 0 Å². The number of carbonyl (C=O) groups is 1. The summed E-state index contributed by atoms with van der Waals surface area (Å²) in [7, 11) is 0. The molecular weight excluding hydrogens is 292 g/mol. The molecule has 0 radical (unpaired) electrons. The number of aromatic nitrogens is 4. The highest BCUT2D eigenvalue weighted by atomic mass is 32.1. The second-order valence-corrected chi connectivity index (χ2v) is 6.86. The minimum Gasteiger partial charge on any atom is -0.481 e. The van der Waals surface area contributed by atoms with Gasteiger partial charge in [-0.1, -0.05) is 32.2 Å². The van der Waals surface area contributed by atoms with Crippen molar-refractivity contribution in [3.8, 4) is 10.8 Å². The molecule has 114 valence electrons. The van der Waals surface area contributed by atoms with Crippen molar-refractivity contribution >= 4 is 17.5 Å². The molecule has 0 spiro atoms. The van der Waals surface area contributed by atoms with Gasteiger partial charge in [0.05, 0.1) is 5.69 Å². The van der Waals surface area contributed by atoms with E-state index in [1.165, 1.54) is 11.5 Å². The summed E-state index contributed by atoms with van der Waals surface area (Å²) in [5.41, 5.74) is 0.661. The van der Waals surface area contributed by atoms with Crippen LogP contribution in [0.25, 0.3) is 10.8 Å². The molecule has 2 heterocycles. The summed E-state index contributed by atoms with van der Waals surface area (Å²) in [6.45, 7) is 7.96. The molecule has 0 saturated carbocycles. The Bertz CT molecular complexity index is 629. The van der Waals surface area contributed by atoms with Gasteiger partial charge >= 0.3 is 5.97 Å². The highest BCUT2D eigenvalue weighted by Crippen LogP contribution is 2.33. The topological polar surface area (TPSA) is 102 Å². The Labute approximate surface area is 126 Å². The smallest absolute Gasteiger partial charge is 0.303 e. The summed E-state index contributed by atoms with van der Waals surface area (Å²) in [5.74, 6) is -0.0548. The average molecular weight is 310 g/mol. The number of hydrogen-bond acceptors (Lipinski definition) is 7. The highest BCUT2D eigenvalue weighted by molar-refractivity contribution is 7.09. The van der Waals surface area contributed by atoms with E-state index in [9.17, 15) is 4.79 Å². The van der Waals surface area contributed by atoms with Gasteiger partial charge in [-0.3, -0.25) is 4.79 Å². The van der Waals surface area contributed by atoms with Gasteiger partial charge in [-0.05, 0) is 17.5 Å². The Kier molecular flexibility index (Phi) is 4.36. The summed E-state index contributed by atoms with van der Waals surface area (Å²) in [6, 6.07) is 0. The van der Waals surface area contributed by atoms with E-state index >= 15 is 0 Å². The molecule has 0 aromatic carbocycles. The van der Waals surface area contributed by atoms with E-state index in [4.69, 9.17) is 9.52 Å². The quantitative estimate of drug-likeness (QED) is 0.905. The summed E-state index contributed by atoms with van der Waals surface area (Å²) < 4.78 is 9.59. The Morgan fingerprint density at radius 2 is 2.05 bits per heavy atom. The fraction of sp³-hybridized carbons (Fsp3) is 0.615. The molecule has 0 amide bonds. The van der Waals surface area contributed by atoms with Crippen LogP contribution in [0.2, 0.25) is 0 Å². The zero-order valence-corrected chi connectivity index (χ0v) is 13.3. The third kappa shape index (κ3) is 3.84. The molecule has 1 atom stereocenters. The second kappa shape index (κ2) is 5.88. The van der Waals surface area contributed by atoms with Gasteiger partial charge in [-0.2, -0.15) is 0 Å². The molecule has 0 bridgehead atoms. The summed E-state index contributed by atoms with van der Waals surface area (Å²) in [6.07, 6.45) is 0.517. The maximum absolute atomic E-state index is 10.7. The van der Waals surface area contributed by atoms with Gasteiger partial charge in [-0.25, -0.2) is 0 Å². The van der Waals surface area contributed by atoms with E-state index in [2.05, 4.69) is 19.8 Å². The third-order valence-electron chi connectivity index (χ3n) is 2.91. The zero-order chi connectivity index (χ0) is 15.6. The third-order valence-corrected chi connectivity index (χ3v) is 3.62. The van der Waals surface area contributed by atoms with Crippen molar-refractivity contribution in [1.82, 2.24) is 19.8 Å². The van der Waals surface area contributed by atoms with Gasteiger partial charge < -0.3 is 9.52 Å². The first kappa shape index (κ1) is 15.6. The highest BCUT2D eigenvalue weighted by Gasteiger charge is 2.26. The molecule has 2 aromatic heterocycles. The van der Waals surface area contributed by atoms with Gasteiger partial charge in [0.2, 0.25) is 5.89 Å². The van der Waals surface area contributed by atoms with Crippen molar-refractivity contribution in [1.29, 1.82) is 0 Å². The summed E-state index contributed by atoms with van der Waals surface area (Å²) >= 11 is 1.22. The molecule has 0 aliphatic heterocycles. The molecule has 0 aliphatic carbocycles. The fourth-order valence-electron chi connectivity index (χ4n) is 1.92. The van der Waals surface area contributed by atoms with Crippen molar-refractivity contribution in [3.05, 3.63) is 11.6 Å². The number of carboxylic acids is 1. The molecule has 0 fully saturated rings. The SMILES string of the molecule is CC(CC(=O)O)Cc1nnc(-c2snnc2C(C)(C)C)o1. The number of nitrogens with zero attached hydrogens (tertiary/aromatic N) is 4. The Hall–Kier alpha value is -1.83. The van der Waals surface area contributed by atoms with Crippen LogP contribution in [0.15, 0.2) is 4.42 Å². The van der Waals surface area contributed by atoms with E-state index in [-0.39, 0.29) is 17.8 Å². The molecule has 8 heteroatoms. The van der Waals surface area contributed by atoms with Crippen LogP contribution >= 0.6 is 11.5 Å². The molecule has 2 aromatic rings. The van der Waals surface area contributed by atoms with Crippen LogP contribution in [0.4, 0.5) is 0 Å². The van der Waals surface area contributed by atoms with Gasteiger partial charge in [0, 0.05) is 18.3 Å². The first-order chi connectivity index (χ1) is 9.77. The Balaban J connectivity index is 2.17. The lowest BCUT2D eigenvalue weighted by atomic mass is 9.91. The van der Waals surface area contributed by atoms with Crippen LogP contribution in [0, 0.1) is 5.92 Å². The molecular formula is C13H18N4O3S. The molecule has 1 N–H and O–H groups in total. The van der Waals surface area contributed by atoms with Crippen molar-refractivity contribution < 1.29 is 14.3 Å². The average Bonchev–Trinajstić information content (AvgIpc) is 2.93. The first-order valence-electron chi connectivity index (χ1n) is 6.64. The lowest BCUT2D eigenvalue weighted by Gasteiger charge is -2.14. The molecule has 1 unspecified atom stereocenters. The Morgan fingerprint density at radius 1 is 1.33 bits per heavy atom. The maximum Gasteiger partial charge on any atom is 0.303 e. The molecule has 0 aliphatic rings. The Morgan fingerprint density at radius 3 is 2.67 bits per heavy atom. The molecule has 2 rings (SSSR count). The second-order valence-electron chi connectivity index (χ2n) is 6.11. The standard InChI is InChI=1S/C13H18N4O3S/c1-7(6-9(18)19)5-8-14-16-12(20-8)10-11(13(2,3)4)15-17-21-10/h7H,5-6H2,1-4H3,(H,18,19). The summed E-state index contributed by atoms with van der Waals surface area (Å²) in [5, 5.41) is 20.9. The normalized spacial score (nSPS) is 13.3. The predicted octanol–water partition coefficient (Wildman–Crippen LogP) is 2.54. The maximum atomic E-state index is 10.7. The van der Waals surface area contributed by atoms with Crippen LogP contribution < -0.4 is 0 Å². The lowest BCUT2D eigenvalue weighted by molar-refractivity contribution is -0.137. The fourth-order valence-corrected chi connectivity index (χ4v) is 2.72. The molecule has 21 heavy (non-hydrogen) atoms. The monoisotopic (exact) mass is 310 g/mol. The van der Waals surface area contributed by atoms with Gasteiger partial charge in [0.1, 0.15) is 4.88 Å². The lowest BCUT2D eigenvalue weighted by Crippen LogP contribution is -2.13. The van der Waals surface area contributed by atoms with Crippen molar-refractivity contribution in [3.63, 3.8) is 0 Å². The number of aliphatic carboxylic acids is 1. The van der Waals surface area contributed by atoms with E-state index in [0.717, 1.165) is 10.6 Å². The van der Waals surface area contributed by atoms with Gasteiger partial charge in [0.15, 0.2) is 0 Å². The predicted molar refractivity (Wildman–Crippen MR) is 77.0 cm³/mol. The number of carboxylic acid groups (broad SMARTS) is 1. The van der Waals surface area contributed by atoms with Crippen molar-refractivity contribution in [2.45, 2.75) is 46.0 Å². The first-order valence-corrected chi connectivity index (χ1v) is 7.42. The van der Waals surface area contributed by atoms with Crippen molar-refractivity contribution in [2.24, 2.45) is 5.92 Å². The van der Waals surface area contributed by atoms with E-state index in [1.807, 2.05) is 27.7 Å². The van der Waals surface area contributed by atoms with Crippen LogP contribution in [0.1, 0.15) is 45.7 Å². The van der Waals surface area contributed by atoms with Crippen molar-refractivity contribution in [2.75, 3.05) is 0 Å². The van der Waals surface area contributed by atoms with Gasteiger partial charge in [-0.15, -0.1) is 15.3 Å². The minimum absolute atomic E-state index is 0.0579. The molecule has 0 saturated heterocycles. The van der Waals surface area contributed by atoms with Gasteiger partial charge in [0.25, 0.3) is 5.89 Å². The molecule has 7 nitrogen and oxygen atoms in total. The van der Waals surface area contributed by atoms with Crippen LogP contribution in [0.3, 0.4) is 0 Å². The van der Waals surface area contributed by atoms with E-state index in [0.29, 0.717) is 18.2 Å². The van der Waals surface area contributed by atoms with E-state index < -0.39 is 5.97 Å². The van der Waals surface area contributed by atoms with Crippen LogP contribution in [0.5, 0.6) is 0 Å². The van der Waals surface area contributed by atoms with Crippen LogP contribution in [-0.2, 0) is 16.6 Å².